The van der Waals surface area contributed by atoms with E-state index >= 15 is 0 Å². The zero-order valence-electron chi connectivity index (χ0n) is 8.87. The van der Waals surface area contributed by atoms with Gasteiger partial charge in [-0.1, -0.05) is 29.8 Å². The Morgan fingerprint density at radius 3 is 2.75 bits per heavy atom. The molecule has 82 valence electrons. The molecule has 2 rings (SSSR count). The molecule has 16 heavy (non-hydrogen) atoms. The molecule has 0 fully saturated rings. The zero-order chi connectivity index (χ0) is 11.5. The van der Waals surface area contributed by atoms with Gasteiger partial charge in [0.05, 0.1) is 8.66 Å². The highest BCUT2D eigenvalue weighted by atomic mass is 79.9. The van der Waals surface area contributed by atoms with E-state index in [2.05, 4.69) is 22.0 Å². The number of aryl methyl sites for hydroxylation is 1. The van der Waals surface area contributed by atoms with Crippen LogP contribution >= 0.6 is 27.3 Å². The Bertz CT molecular complexity index is 516. The van der Waals surface area contributed by atoms with Crippen LogP contribution in [0.2, 0.25) is 0 Å². The van der Waals surface area contributed by atoms with E-state index in [0.29, 0.717) is 6.42 Å². The molecule has 0 saturated carbocycles. The van der Waals surface area contributed by atoms with Gasteiger partial charge in [-0.15, -0.1) is 11.3 Å². The second-order valence-electron chi connectivity index (χ2n) is 3.69. The molecule has 0 saturated heterocycles. The maximum Gasteiger partial charge on any atom is 0.177 e. The molecule has 0 aliphatic carbocycles. The van der Waals surface area contributed by atoms with Gasteiger partial charge in [0.25, 0.3) is 0 Å². The van der Waals surface area contributed by atoms with Gasteiger partial charge < -0.3 is 0 Å². The fourth-order valence-electron chi connectivity index (χ4n) is 1.56. The van der Waals surface area contributed by atoms with E-state index in [1.165, 1.54) is 16.9 Å². The van der Waals surface area contributed by atoms with Crippen molar-refractivity contribution in [1.82, 2.24) is 0 Å². The maximum absolute atomic E-state index is 11.9. The number of hydrogen-bond donors (Lipinski definition) is 0. The lowest BCUT2D eigenvalue weighted by Crippen LogP contribution is -2.00. The third-order valence-electron chi connectivity index (χ3n) is 2.30. The summed E-state index contributed by atoms with van der Waals surface area (Å²) in [5, 5.41) is 0. The highest BCUT2D eigenvalue weighted by Gasteiger charge is 2.09. The Morgan fingerprint density at radius 1 is 1.31 bits per heavy atom. The van der Waals surface area contributed by atoms with Crippen molar-refractivity contribution in [3.63, 3.8) is 0 Å². The second kappa shape index (κ2) is 4.93. The van der Waals surface area contributed by atoms with Crippen LogP contribution < -0.4 is 0 Å². The average molecular weight is 295 g/mol. The van der Waals surface area contributed by atoms with Crippen molar-refractivity contribution in [2.45, 2.75) is 13.3 Å². The molecule has 0 spiro atoms. The van der Waals surface area contributed by atoms with Gasteiger partial charge in [0.15, 0.2) is 5.78 Å². The Kier molecular flexibility index (Phi) is 3.56. The largest absolute Gasteiger partial charge is 0.293 e. The predicted molar refractivity (Wildman–Crippen MR) is 71.2 cm³/mol. The van der Waals surface area contributed by atoms with Crippen LogP contribution in [0.15, 0.2) is 40.2 Å². The van der Waals surface area contributed by atoms with E-state index in [0.717, 1.165) is 14.2 Å². The third-order valence-corrected chi connectivity index (χ3v) is 3.96. The van der Waals surface area contributed by atoms with Gasteiger partial charge in [-0.2, -0.15) is 0 Å². The van der Waals surface area contributed by atoms with Crippen molar-refractivity contribution in [3.8, 4) is 0 Å². The molecule has 0 radical (unpaired) electrons. The molecular weight excluding hydrogens is 284 g/mol. The molecule has 0 aliphatic rings. The fourth-order valence-corrected chi connectivity index (χ4v) is 2.88. The Hall–Kier alpha value is -0.930. The molecule has 1 heterocycles. The van der Waals surface area contributed by atoms with Crippen molar-refractivity contribution in [1.29, 1.82) is 0 Å². The average Bonchev–Trinajstić information content (AvgIpc) is 2.65. The monoisotopic (exact) mass is 294 g/mol. The number of ketones is 1. The Balaban J connectivity index is 2.13. The number of halogens is 1. The van der Waals surface area contributed by atoms with Gasteiger partial charge in [0.2, 0.25) is 0 Å². The summed E-state index contributed by atoms with van der Waals surface area (Å²) in [6, 6.07) is 11.9. The molecule has 0 atom stereocenters. The van der Waals surface area contributed by atoms with E-state index in [-0.39, 0.29) is 5.78 Å². The summed E-state index contributed by atoms with van der Waals surface area (Å²) in [7, 11) is 0. The van der Waals surface area contributed by atoms with Crippen LogP contribution in [0.3, 0.4) is 0 Å². The molecule has 0 aliphatic heterocycles. The first-order valence-corrected chi connectivity index (χ1v) is 6.60. The molecule has 0 bridgehead atoms. The third kappa shape index (κ3) is 2.80. The molecule has 0 unspecified atom stereocenters. The number of Topliss-reactive ketones (excluding diaryl/α,β-unsaturated/α-hetero) is 1. The van der Waals surface area contributed by atoms with E-state index in [1.807, 2.05) is 37.3 Å². The summed E-state index contributed by atoms with van der Waals surface area (Å²) in [4.78, 5) is 12.7. The maximum atomic E-state index is 11.9. The second-order valence-corrected chi connectivity index (χ2v) is 6.16. The lowest BCUT2D eigenvalue weighted by Gasteiger charge is -2.00. The SMILES string of the molecule is Cc1cccc(CC(=O)c2ccc(Br)s2)c1. The summed E-state index contributed by atoms with van der Waals surface area (Å²) in [6.07, 6.45) is 0.481. The molecule has 0 N–H and O–H groups in total. The van der Waals surface area contributed by atoms with Crippen LogP contribution in [-0.4, -0.2) is 5.78 Å². The standard InChI is InChI=1S/C13H11BrOS/c1-9-3-2-4-10(7-9)8-11(15)12-5-6-13(14)16-12/h2-7H,8H2,1H3. The van der Waals surface area contributed by atoms with Gasteiger partial charge in [0, 0.05) is 6.42 Å². The molecule has 3 heteroatoms. The van der Waals surface area contributed by atoms with Crippen LogP contribution in [0.25, 0.3) is 0 Å². The summed E-state index contributed by atoms with van der Waals surface area (Å²) < 4.78 is 1.00. The van der Waals surface area contributed by atoms with Crippen LogP contribution in [-0.2, 0) is 6.42 Å². The number of carbonyl (C=O) groups is 1. The number of thiophene rings is 1. The van der Waals surface area contributed by atoms with Crippen LogP contribution in [0, 0.1) is 6.92 Å². The van der Waals surface area contributed by atoms with Gasteiger partial charge in [-0.3, -0.25) is 4.79 Å². The topological polar surface area (TPSA) is 17.1 Å². The zero-order valence-corrected chi connectivity index (χ0v) is 11.3. The summed E-state index contributed by atoms with van der Waals surface area (Å²) >= 11 is 4.85. The number of hydrogen-bond acceptors (Lipinski definition) is 2. The lowest BCUT2D eigenvalue weighted by molar-refractivity contribution is 0.0997. The van der Waals surface area contributed by atoms with Gasteiger partial charge in [-0.25, -0.2) is 0 Å². The van der Waals surface area contributed by atoms with E-state index in [1.54, 1.807) is 0 Å². The molecular formula is C13H11BrOS. The smallest absolute Gasteiger partial charge is 0.177 e. The van der Waals surface area contributed by atoms with Crippen LogP contribution in [0.5, 0.6) is 0 Å². The van der Waals surface area contributed by atoms with E-state index in [9.17, 15) is 4.79 Å². The summed E-state index contributed by atoms with van der Waals surface area (Å²) in [5.41, 5.74) is 2.27. The van der Waals surface area contributed by atoms with Crippen molar-refractivity contribution in [3.05, 3.63) is 56.2 Å². The van der Waals surface area contributed by atoms with Gasteiger partial charge in [0.1, 0.15) is 0 Å². The number of benzene rings is 1. The highest BCUT2D eigenvalue weighted by molar-refractivity contribution is 9.11. The Labute approximate surface area is 107 Å². The van der Waals surface area contributed by atoms with Crippen LogP contribution in [0.1, 0.15) is 20.8 Å². The first kappa shape index (κ1) is 11.6. The van der Waals surface area contributed by atoms with Crippen molar-refractivity contribution < 1.29 is 4.79 Å². The normalized spacial score (nSPS) is 10.4. The predicted octanol–water partition coefficient (Wildman–Crippen LogP) is 4.24. The van der Waals surface area contributed by atoms with Crippen molar-refractivity contribution in [2.75, 3.05) is 0 Å². The minimum absolute atomic E-state index is 0.182. The van der Waals surface area contributed by atoms with Crippen LogP contribution in [0.4, 0.5) is 0 Å². The van der Waals surface area contributed by atoms with Crippen molar-refractivity contribution in [2.24, 2.45) is 0 Å². The first-order valence-electron chi connectivity index (χ1n) is 4.99. The summed E-state index contributed by atoms with van der Waals surface area (Å²) in [5.74, 6) is 0.182. The summed E-state index contributed by atoms with van der Waals surface area (Å²) in [6.45, 7) is 2.04. The molecule has 1 nitrogen and oxygen atoms in total. The first-order chi connectivity index (χ1) is 7.65. The minimum Gasteiger partial charge on any atom is -0.293 e. The fraction of sp³-hybridized carbons (Fsp3) is 0.154. The van der Waals surface area contributed by atoms with E-state index in [4.69, 9.17) is 0 Å². The minimum atomic E-state index is 0.182. The molecule has 1 aromatic heterocycles. The van der Waals surface area contributed by atoms with Crippen molar-refractivity contribution >= 4 is 33.0 Å². The molecule has 0 amide bonds. The van der Waals surface area contributed by atoms with Gasteiger partial charge >= 0.3 is 0 Å². The lowest BCUT2D eigenvalue weighted by atomic mass is 10.1. The van der Waals surface area contributed by atoms with E-state index < -0.39 is 0 Å². The molecule has 2 aromatic rings. The molecule has 1 aromatic carbocycles. The number of carbonyl (C=O) groups excluding carboxylic acids is 1. The van der Waals surface area contributed by atoms with Gasteiger partial charge in [-0.05, 0) is 40.5 Å². The number of rotatable bonds is 3. The highest BCUT2D eigenvalue weighted by Crippen LogP contribution is 2.23. The quantitative estimate of drug-likeness (QED) is 0.774. The Morgan fingerprint density at radius 2 is 2.12 bits per heavy atom.